The van der Waals surface area contributed by atoms with E-state index in [4.69, 9.17) is 0 Å². The van der Waals surface area contributed by atoms with Crippen LogP contribution in [0.1, 0.15) is 16.1 Å². The molecule has 100 valence electrons. The number of nitrogens with one attached hydrogen (secondary N) is 1. The maximum atomic E-state index is 11.8. The molecule has 0 bridgehead atoms. The number of aryl methyl sites for hydroxylation is 1. The molecule has 0 aliphatic heterocycles. The van der Waals surface area contributed by atoms with E-state index in [1.165, 1.54) is 0 Å². The number of nitrogens with zero attached hydrogens (tertiary/aromatic N) is 1. The van der Waals surface area contributed by atoms with Gasteiger partial charge in [-0.05, 0) is 17.7 Å². The Morgan fingerprint density at radius 3 is 2.63 bits per heavy atom. The molecule has 1 aromatic heterocycles. The van der Waals surface area contributed by atoms with E-state index >= 15 is 0 Å². The van der Waals surface area contributed by atoms with Gasteiger partial charge in [-0.25, -0.2) is 0 Å². The van der Waals surface area contributed by atoms with Gasteiger partial charge >= 0.3 is 0 Å². The van der Waals surface area contributed by atoms with Crippen LogP contribution in [0.3, 0.4) is 0 Å². The minimum absolute atomic E-state index is 0.167. The Hall–Kier alpha value is -2.07. The molecule has 1 atom stereocenters. The Bertz CT molecular complexity index is 534. The fraction of sp³-hybridized carbons (Fsp3) is 0.267. The number of amides is 1. The summed E-state index contributed by atoms with van der Waals surface area (Å²) >= 11 is 0. The molecular formula is C15H18N2O2. The van der Waals surface area contributed by atoms with Gasteiger partial charge in [-0.1, -0.05) is 30.3 Å². The molecule has 0 unspecified atom stereocenters. The SMILES string of the molecule is Cn1cccc1C(=O)NC[C@@H](O)Cc1ccccc1. The number of aliphatic hydroxyl groups is 1. The quantitative estimate of drug-likeness (QED) is 0.850. The molecule has 0 radical (unpaired) electrons. The van der Waals surface area contributed by atoms with Crippen LogP contribution < -0.4 is 5.32 Å². The number of aliphatic hydroxyl groups excluding tert-OH is 1. The Morgan fingerprint density at radius 1 is 1.26 bits per heavy atom. The van der Waals surface area contributed by atoms with Gasteiger partial charge in [-0.2, -0.15) is 0 Å². The highest BCUT2D eigenvalue weighted by atomic mass is 16.3. The van der Waals surface area contributed by atoms with Gasteiger partial charge in [0, 0.05) is 26.2 Å². The third-order valence-electron chi connectivity index (χ3n) is 2.99. The van der Waals surface area contributed by atoms with Crippen molar-refractivity contribution in [2.24, 2.45) is 7.05 Å². The second kappa shape index (κ2) is 6.20. The number of carbonyl (C=O) groups excluding carboxylic acids is 1. The second-order valence-corrected chi connectivity index (χ2v) is 4.56. The van der Waals surface area contributed by atoms with Gasteiger partial charge in [0.15, 0.2) is 0 Å². The summed E-state index contributed by atoms with van der Waals surface area (Å²) in [5.74, 6) is -0.167. The van der Waals surface area contributed by atoms with Gasteiger partial charge in [-0.15, -0.1) is 0 Å². The minimum Gasteiger partial charge on any atom is -0.391 e. The Labute approximate surface area is 112 Å². The molecule has 2 N–H and O–H groups in total. The summed E-state index contributed by atoms with van der Waals surface area (Å²) in [4.78, 5) is 11.8. The van der Waals surface area contributed by atoms with Crippen LogP contribution in [0.2, 0.25) is 0 Å². The van der Waals surface area contributed by atoms with E-state index in [9.17, 15) is 9.90 Å². The molecule has 19 heavy (non-hydrogen) atoms. The first-order chi connectivity index (χ1) is 9.16. The number of hydrogen-bond donors (Lipinski definition) is 2. The van der Waals surface area contributed by atoms with Gasteiger partial charge in [0.2, 0.25) is 0 Å². The smallest absolute Gasteiger partial charge is 0.267 e. The topological polar surface area (TPSA) is 54.3 Å². The molecule has 0 saturated heterocycles. The van der Waals surface area contributed by atoms with Crippen molar-refractivity contribution in [2.75, 3.05) is 6.54 Å². The third kappa shape index (κ3) is 3.69. The summed E-state index contributed by atoms with van der Waals surface area (Å²) in [6, 6.07) is 13.3. The highest BCUT2D eigenvalue weighted by molar-refractivity contribution is 5.92. The van der Waals surface area contributed by atoms with Crippen LogP contribution in [0.4, 0.5) is 0 Å². The lowest BCUT2D eigenvalue weighted by Crippen LogP contribution is -2.34. The second-order valence-electron chi connectivity index (χ2n) is 4.56. The standard InChI is InChI=1S/C15H18N2O2/c1-17-9-5-8-14(17)15(19)16-11-13(18)10-12-6-3-2-4-7-12/h2-9,13,18H,10-11H2,1H3,(H,16,19)/t13-/m0/s1. The molecule has 0 spiro atoms. The van der Waals surface area contributed by atoms with Crippen LogP contribution in [-0.2, 0) is 13.5 Å². The molecule has 1 heterocycles. The van der Waals surface area contributed by atoms with Gasteiger partial charge < -0.3 is 15.0 Å². The zero-order chi connectivity index (χ0) is 13.7. The zero-order valence-corrected chi connectivity index (χ0v) is 10.9. The van der Waals surface area contributed by atoms with Gasteiger partial charge in [-0.3, -0.25) is 4.79 Å². The Kier molecular flexibility index (Phi) is 4.36. The maximum Gasteiger partial charge on any atom is 0.267 e. The minimum atomic E-state index is -0.577. The van der Waals surface area contributed by atoms with Gasteiger partial charge in [0.05, 0.1) is 6.10 Å². The summed E-state index contributed by atoms with van der Waals surface area (Å²) in [6.45, 7) is 0.249. The van der Waals surface area contributed by atoms with E-state index < -0.39 is 6.10 Å². The van der Waals surface area contributed by atoms with Crippen LogP contribution in [0.5, 0.6) is 0 Å². The van der Waals surface area contributed by atoms with Crippen LogP contribution in [0.25, 0.3) is 0 Å². The Morgan fingerprint density at radius 2 is 2.00 bits per heavy atom. The van der Waals surface area contributed by atoms with Crippen LogP contribution in [-0.4, -0.2) is 28.2 Å². The molecular weight excluding hydrogens is 240 g/mol. The molecule has 1 amide bonds. The van der Waals surface area contributed by atoms with E-state index in [0.29, 0.717) is 12.1 Å². The fourth-order valence-corrected chi connectivity index (χ4v) is 1.96. The van der Waals surface area contributed by atoms with E-state index in [0.717, 1.165) is 5.56 Å². The first-order valence-corrected chi connectivity index (χ1v) is 6.28. The van der Waals surface area contributed by atoms with Crippen molar-refractivity contribution in [3.63, 3.8) is 0 Å². The molecule has 2 rings (SSSR count). The van der Waals surface area contributed by atoms with Crippen LogP contribution >= 0.6 is 0 Å². The number of carbonyl (C=O) groups is 1. The first kappa shape index (κ1) is 13.4. The third-order valence-corrected chi connectivity index (χ3v) is 2.99. The summed E-state index contributed by atoms with van der Waals surface area (Å²) in [5.41, 5.74) is 1.65. The van der Waals surface area contributed by atoms with E-state index in [2.05, 4.69) is 5.32 Å². The first-order valence-electron chi connectivity index (χ1n) is 6.28. The van der Waals surface area contributed by atoms with Crippen molar-refractivity contribution in [3.05, 3.63) is 59.9 Å². The number of benzene rings is 1. The molecule has 4 heteroatoms. The molecule has 1 aromatic carbocycles. The van der Waals surface area contributed by atoms with Crippen molar-refractivity contribution in [1.82, 2.24) is 9.88 Å². The average molecular weight is 258 g/mol. The van der Waals surface area contributed by atoms with Crippen LogP contribution in [0.15, 0.2) is 48.7 Å². The molecule has 0 aliphatic rings. The van der Waals surface area contributed by atoms with Crippen molar-refractivity contribution in [3.8, 4) is 0 Å². The highest BCUT2D eigenvalue weighted by Gasteiger charge is 2.11. The average Bonchev–Trinajstić information content (AvgIpc) is 2.83. The lowest BCUT2D eigenvalue weighted by molar-refractivity contribution is 0.0908. The van der Waals surface area contributed by atoms with Crippen molar-refractivity contribution < 1.29 is 9.90 Å². The van der Waals surface area contributed by atoms with Gasteiger partial charge in [0.25, 0.3) is 5.91 Å². The summed E-state index contributed by atoms with van der Waals surface area (Å²) in [6.07, 6.45) is 1.77. The summed E-state index contributed by atoms with van der Waals surface area (Å²) < 4.78 is 1.75. The number of aromatic nitrogens is 1. The normalized spacial score (nSPS) is 12.1. The van der Waals surface area contributed by atoms with E-state index in [1.807, 2.05) is 49.6 Å². The predicted molar refractivity (Wildman–Crippen MR) is 73.9 cm³/mol. The Balaban J connectivity index is 1.82. The van der Waals surface area contributed by atoms with E-state index in [-0.39, 0.29) is 12.5 Å². The lowest BCUT2D eigenvalue weighted by Gasteiger charge is -2.12. The fourth-order valence-electron chi connectivity index (χ4n) is 1.96. The monoisotopic (exact) mass is 258 g/mol. The largest absolute Gasteiger partial charge is 0.391 e. The lowest BCUT2D eigenvalue weighted by atomic mass is 10.1. The van der Waals surface area contributed by atoms with Crippen LogP contribution in [0, 0.1) is 0 Å². The van der Waals surface area contributed by atoms with E-state index in [1.54, 1.807) is 10.6 Å². The number of rotatable bonds is 5. The highest BCUT2D eigenvalue weighted by Crippen LogP contribution is 2.03. The molecule has 0 fully saturated rings. The maximum absolute atomic E-state index is 11.8. The summed E-state index contributed by atoms with van der Waals surface area (Å²) in [5, 5.41) is 12.6. The van der Waals surface area contributed by atoms with Crippen molar-refractivity contribution in [2.45, 2.75) is 12.5 Å². The van der Waals surface area contributed by atoms with Gasteiger partial charge in [0.1, 0.15) is 5.69 Å². The summed E-state index contributed by atoms with van der Waals surface area (Å²) in [7, 11) is 1.81. The molecule has 0 aliphatic carbocycles. The van der Waals surface area contributed by atoms with Crippen molar-refractivity contribution in [1.29, 1.82) is 0 Å². The number of hydrogen-bond acceptors (Lipinski definition) is 2. The zero-order valence-electron chi connectivity index (χ0n) is 10.9. The molecule has 4 nitrogen and oxygen atoms in total. The predicted octanol–water partition coefficient (Wildman–Crippen LogP) is 1.36. The molecule has 2 aromatic rings. The van der Waals surface area contributed by atoms with Crippen molar-refractivity contribution >= 4 is 5.91 Å². The molecule has 0 saturated carbocycles.